The SMILES string of the molecule is C=C1c2c(F)cccc2C(c2cnc3ccccc3c2)=NC1(C)C. The van der Waals surface area contributed by atoms with Crippen molar-refractivity contribution in [3.8, 4) is 0 Å². The van der Waals surface area contributed by atoms with E-state index in [1.54, 1.807) is 12.3 Å². The molecule has 2 aromatic carbocycles. The molecule has 0 spiro atoms. The van der Waals surface area contributed by atoms with Crippen molar-refractivity contribution in [2.24, 2.45) is 4.99 Å². The monoisotopic (exact) mass is 316 g/mol. The minimum absolute atomic E-state index is 0.258. The van der Waals surface area contributed by atoms with Crippen LogP contribution >= 0.6 is 0 Å². The molecule has 0 atom stereocenters. The molecule has 2 nitrogen and oxygen atoms in total. The van der Waals surface area contributed by atoms with E-state index in [9.17, 15) is 4.39 Å². The summed E-state index contributed by atoms with van der Waals surface area (Å²) in [6.45, 7) is 8.00. The van der Waals surface area contributed by atoms with Crippen LogP contribution in [-0.4, -0.2) is 16.2 Å². The fourth-order valence-electron chi connectivity index (χ4n) is 3.16. The number of fused-ring (bicyclic) bond motifs is 2. The molecule has 0 radical (unpaired) electrons. The summed E-state index contributed by atoms with van der Waals surface area (Å²) in [4.78, 5) is 9.39. The molecule has 0 N–H and O–H groups in total. The molecule has 1 aliphatic rings. The van der Waals surface area contributed by atoms with Crippen LogP contribution in [0, 0.1) is 5.82 Å². The topological polar surface area (TPSA) is 25.2 Å². The minimum Gasteiger partial charge on any atom is -0.273 e. The first-order valence-electron chi connectivity index (χ1n) is 7.91. The highest BCUT2D eigenvalue weighted by Crippen LogP contribution is 2.38. The predicted octanol–water partition coefficient (Wildman–Crippen LogP) is 5.02. The molecule has 0 saturated heterocycles. The van der Waals surface area contributed by atoms with Crippen LogP contribution in [0.3, 0.4) is 0 Å². The lowest BCUT2D eigenvalue weighted by Crippen LogP contribution is -2.28. The van der Waals surface area contributed by atoms with Crippen LogP contribution in [-0.2, 0) is 0 Å². The van der Waals surface area contributed by atoms with Crippen molar-refractivity contribution in [1.29, 1.82) is 0 Å². The average Bonchev–Trinajstić information content (AvgIpc) is 2.58. The fourth-order valence-corrected chi connectivity index (χ4v) is 3.16. The fraction of sp³-hybridized carbons (Fsp3) is 0.143. The quantitative estimate of drug-likeness (QED) is 0.619. The van der Waals surface area contributed by atoms with Gasteiger partial charge < -0.3 is 0 Å². The first kappa shape index (κ1) is 14.8. The Morgan fingerprint density at radius 3 is 2.67 bits per heavy atom. The summed E-state index contributed by atoms with van der Waals surface area (Å²) in [5.74, 6) is -0.258. The molecule has 0 aliphatic carbocycles. The largest absolute Gasteiger partial charge is 0.273 e. The maximum Gasteiger partial charge on any atom is 0.131 e. The molecule has 3 aromatic rings. The Kier molecular flexibility index (Phi) is 3.14. The minimum atomic E-state index is -0.559. The van der Waals surface area contributed by atoms with Crippen molar-refractivity contribution in [3.63, 3.8) is 0 Å². The summed E-state index contributed by atoms with van der Waals surface area (Å²) in [7, 11) is 0. The van der Waals surface area contributed by atoms with Crippen molar-refractivity contribution in [3.05, 3.63) is 83.8 Å². The van der Waals surface area contributed by atoms with E-state index >= 15 is 0 Å². The summed E-state index contributed by atoms with van der Waals surface area (Å²) in [5.41, 5.74) is 4.06. The number of pyridine rings is 1. The van der Waals surface area contributed by atoms with Gasteiger partial charge in [0.1, 0.15) is 5.82 Å². The van der Waals surface area contributed by atoms with Crippen LogP contribution in [0.15, 0.2) is 66.3 Å². The van der Waals surface area contributed by atoms with E-state index < -0.39 is 5.54 Å². The number of rotatable bonds is 1. The third-order valence-electron chi connectivity index (χ3n) is 4.56. The normalized spacial score (nSPS) is 16.0. The molecule has 1 aromatic heterocycles. The Morgan fingerprint density at radius 2 is 1.83 bits per heavy atom. The molecule has 0 fully saturated rings. The highest BCUT2D eigenvalue weighted by molar-refractivity contribution is 6.18. The first-order chi connectivity index (χ1) is 11.5. The second-order valence-electron chi connectivity index (χ2n) is 6.58. The Bertz CT molecular complexity index is 1020. The lowest BCUT2D eigenvalue weighted by Gasteiger charge is -2.31. The average molecular weight is 316 g/mol. The van der Waals surface area contributed by atoms with E-state index in [2.05, 4.69) is 17.6 Å². The van der Waals surface area contributed by atoms with E-state index in [-0.39, 0.29) is 5.82 Å². The number of nitrogens with zero attached hydrogens (tertiary/aromatic N) is 2. The second kappa shape index (κ2) is 5.10. The lowest BCUT2D eigenvalue weighted by atomic mass is 9.81. The standard InChI is InChI=1S/C21H17FN2/c1-13-19-16(8-6-9-17(19)22)20(24-21(13,2)3)15-11-14-7-4-5-10-18(14)23-12-15/h4-12H,1H2,2-3H3. The third kappa shape index (κ3) is 2.16. The van der Waals surface area contributed by atoms with Gasteiger partial charge in [-0.25, -0.2) is 4.39 Å². The van der Waals surface area contributed by atoms with Gasteiger partial charge in [-0.2, -0.15) is 0 Å². The molecule has 2 heterocycles. The van der Waals surface area contributed by atoms with Gasteiger partial charge in [0.05, 0.1) is 16.8 Å². The maximum atomic E-state index is 14.5. The van der Waals surface area contributed by atoms with E-state index in [4.69, 9.17) is 4.99 Å². The summed E-state index contributed by atoms with van der Waals surface area (Å²) in [6.07, 6.45) is 1.81. The molecule has 0 bridgehead atoms. The van der Waals surface area contributed by atoms with Crippen LogP contribution in [0.25, 0.3) is 16.5 Å². The zero-order chi connectivity index (χ0) is 16.9. The maximum absolute atomic E-state index is 14.5. The Hall–Kier alpha value is -2.81. The highest BCUT2D eigenvalue weighted by Gasteiger charge is 2.33. The molecule has 3 heteroatoms. The van der Waals surface area contributed by atoms with Gasteiger partial charge in [0, 0.05) is 28.3 Å². The van der Waals surface area contributed by atoms with Gasteiger partial charge in [-0.15, -0.1) is 0 Å². The summed E-state index contributed by atoms with van der Waals surface area (Å²) in [5, 5.41) is 1.04. The third-order valence-corrected chi connectivity index (χ3v) is 4.56. The highest BCUT2D eigenvalue weighted by atomic mass is 19.1. The number of benzene rings is 2. The molecule has 0 saturated carbocycles. The molecule has 1 aliphatic heterocycles. The molecule has 4 rings (SSSR count). The van der Waals surface area contributed by atoms with Crippen molar-refractivity contribution in [2.75, 3.05) is 0 Å². The van der Waals surface area contributed by atoms with Crippen LogP contribution in [0.1, 0.15) is 30.5 Å². The van der Waals surface area contributed by atoms with E-state index in [1.807, 2.05) is 44.2 Å². The molecule has 118 valence electrons. The van der Waals surface area contributed by atoms with Crippen molar-refractivity contribution in [1.82, 2.24) is 4.98 Å². The van der Waals surface area contributed by atoms with Crippen molar-refractivity contribution >= 4 is 22.2 Å². The number of para-hydroxylation sites is 1. The molecule has 0 amide bonds. The van der Waals surface area contributed by atoms with Gasteiger partial charge in [0.2, 0.25) is 0 Å². The number of hydrogen-bond donors (Lipinski definition) is 0. The molecular formula is C21H17FN2. The predicted molar refractivity (Wildman–Crippen MR) is 96.9 cm³/mol. The van der Waals surface area contributed by atoms with Gasteiger partial charge in [-0.05, 0) is 37.6 Å². The Labute approximate surface area is 140 Å². The van der Waals surface area contributed by atoms with E-state index in [0.29, 0.717) is 11.1 Å². The lowest BCUT2D eigenvalue weighted by molar-refractivity contribution is 0.608. The Morgan fingerprint density at radius 1 is 1.04 bits per heavy atom. The van der Waals surface area contributed by atoms with E-state index in [0.717, 1.165) is 27.7 Å². The second-order valence-corrected chi connectivity index (χ2v) is 6.58. The zero-order valence-corrected chi connectivity index (χ0v) is 13.7. The first-order valence-corrected chi connectivity index (χ1v) is 7.91. The van der Waals surface area contributed by atoms with Crippen LogP contribution in [0.2, 0.25) is 0 Å². The van der Waals surface area contributed by atoms with E-state index in [1.165, 1.54) is 6.07 Å². The van der Waals surface area contributed by atoms with Gasteiger partial charge in [-0.1, -0.05) is 36.9 Å². The van der Waals surface area contributed by atoms with Crippen molar-refractivity contribution in [2.45, 2.75) is 19.4 Å². The number of halogens is 1. The summed E-state index contributed by atoms with van der Waals surface area (Å²) < 4.78 is 14.5. The van der Waals surface area contributed by atoms with Crippen LogP contribution < -0.4 is 0 Å². The van der Waals surface area contributed by atoms with Gasteiger partial charge in [0.15, 0.2) is 0 Å². The van der Waals surface area contributed by atoms with Gasteiger partial charge in [-0.3, -0.25) is 9.98 Å². The van der Waals surface area contributed by atoms with Crippen LogP contribution in [0.4, 0.5) is 4.39 Å². The molecular weight excluding hydrogens is 299 g/mol. The summed E-state index contributed by atoms with van der Waals surface area (Å²) >= 11 is 0. The molecule has 0 unspecified atom stereocenters. The number of aromatic nitrogens is 1. The molecule has 24 heavy (non-hydrogen) atoms. The zero-order valence-electron chi connectivity index (χ0n) is 13.7. The Balaban J connectivity index is 1.99. The van der Waals surface area contributed by atoms with Crippen LogP contribution in [0.5, 0.6) is 0 Å². The van der Waals surface area contributed by atoms with Gasteiger partial charge in [0.25, 0.3) is 0 Å². The van der Waals surface area contributed by atoms with Crippen molar-refractivity contribution < 1.29 is 4.39 Å². The van der Waals surface area contributed by atoms with Gasteiger partial charge >= 0.3 is 0 Å². The summed E-state index contributed by atoms with van der Waals surface area (Å²) in [6, 6.07) is 15.1. The smallest absolute Gasteiger partial charge is 0.131 e. The number of aliphatic imine (C=N–C) groups is 1. The number of hydrogen-bond acceptors (Lipinski definition) is 2.